The molecule has 7 nitrogen and oxygen atoms in total. The van der Waals surface area contributed by atoms with Crippen molar-refractivity contribution in [3.8, 4) is 5.69 Å². The highest BCUT2D eigenvalue weighted by Gasteiger charge is 2.46. The normalized spacial score (nSPS) is 18.8. The third-order valence-corrected chi connectivity index (χ3v) is 7.18. The highest BCUT2D eigenvalue weighted by atomic mass is 32.1. The molecule has 3 atom stereocenters. The molecule has 0 saturated carbocycles. The molecule has 2 aromatic carbocycles. The monoisotopic (exact) mass is 471 g/mol. The molecule has 172 valence electrons. The van der Waals surface area contributed by atoms with Crippen molar-refractivity contribution in [1.82, 2.24) is 20.1 Å². The molecule has 34 heavy (non-hydrogen) atoms. The number of benzene rings is 2. The molecule has 1 fully saturated rings. The van der Waals surface area contributed by atoms with Gasteiger partial charge in [-0.25, -0.2) is 9.67 Å². The van der Waals surface area contributed by atoms with Crippen LogP contribution in [0, 0.1) is 12.8 Å². The van der Waals surface area contributed by atoms with Gasteiger partial charge in [0.15, 0.2) is 0 Å². The van der Waals surface area contributed by atoms with E-state index in [1.165, 1.54) is 6.33 Å². The smallest absolute Gasteiger partial charge is 0.228 e. The van der Waals surface area contributed by atoms with Crippen molar-refractivity contribution < 1.29 is 9.59 Å². The Hall–Kier alpha value is -3.78. The molecular formula is C26H25N5O2S. The largest absolute Gasteiger partial charge is 0.349 e. The number of aryl methyl sites for hydroxylation is 1. The maximum atomic E-state index is 13.5. The Morgan fingerprint density at radius 3 is 2.47 bits per heavy atom. The second-order valence-corrected chi connectivity index (χ2v) is 9.51. The quantitative estimate of drug-likeness (QED) is 0.445. The number of thiophene rings is 1. The van der Waals surface area contributed by atoms with Crippen LogP contribution < -0.4 is 10.2 Å². The summed E-state index contributed by atoms with van der Waals surface area (Å²) in [6, 6.07) is 19.2. The van der Waals surface area contributed by atoms with Crippen molar-refractivity contribution in [3.63, 3.8) is 0 Å². The average molecular weight is 472 g/mol. The maximum absolute atomic E-state index is 13.5. The van der Waals surface area contributed by atoms with Gasteiger partial charge in [-0.2, -0.15) is 5.10 Å². The van der Waals surface area contributed by atoms with Crippen molar-refractivity contribution in [3.05, 3.63) is 94.7 Å². The summed E-state index contributed by atoms with van der Waals surface area (Å²) >= 11 is 1.57. The first kappa shape index (κ1) is 22.0. The third-order valence-electron chi connectivity index (χ3n) is 6.24. The van der Waals surface area contributed by atoms with Gasteiger partial charge in [0.1, 0.15) is 12.7 Å². The molecule has 1 N–H and O–H groups in total. The summed E-state index contributed by atoms with van der Waals surface area (Å²) < 4.78 is 1.68. The van der Waals surface area contributed by atoms with E-state index in [1.54, 1.807) is 27.2 Å². The minimum absolute atomic E-state index is 0.0350. The summed E-state index contributed by atoms with van der Waals surface area (Å²) in [6.45, 7) is 3.97. The van der Waals surface area contributed by atoms with Crippen LogP contribution in [-0.2, 0) is 9.59 Å². The van der Waals surface area contributed by atoms with E-state index in [1.807, 2.05) is 79.9 Å². The van der Waals surface area contributed by atoms with Crippen LogP contribution >= 0.6 is 11.3 Å². The Morgan fingerprint density at radius 1 is 1.09 bits per heavy atom. The number of nitrogens with one attached hydrogen (secondary N) is 1. The molecule has 5 rings (SSSR count). The number of anilines is 1. The minimum atomic E-state index is -0.468. The Morgan fingerprint density at radius 2 is 1.82 bits per heavy atom. The van der Waals surface area contributed by atoms with Crippen LogP contribution in [0.4, 0.5) is 5.69 Å². The van der Waals surface area contributed by atoms with Gasteiger partial charge in [-0.1, -0.05) is 35.9 Å². The van der Waals surface area contributed by atoms with Crippen LogP contribution in [0.1, 0.15) is 41.4 Å². The van der Waals surface area contributed by atoms with Crippen LogP contribution in [0.5, 0.6) is 0 Å². The molecule has 2 amide bonds. The first-order chi connectivity index (χ1) is 16.5. The third kappa shape index (κ3) is 4.24. The SMILES string of the molecule is Cc1ccc(N2C(=O)CC(C(=O)NC(C)c3ccc(-n4cncn4)cc3)C2c2cccs2)cc1. The van der Waals surface area contributed by atoms with Crippen LogP contribution in [0.15, 0.2) is 78.7 Å². The predicted molar refractivity (Wildman–Crippen MR) is 132 cm³/mol. The molecule has 0 spiro atoms. The predicted octanol–water partition coefficient (Wildman–Crippen LogP) is 4.61. The number of carbonyl (C=O) groups is 2. The highest BCUT2D eigenvalue weighted by molar-refractivity contribution is 7.10. The summed E-state index contributed by atoms with van der Waals surface area (Å²) in [5.41, 5.74) is 3.82. The fraction of sp³-hybridized carbons (Fsp3) is 0.231. The molecule has 3 unspecified atom stereocenters. The molecule has 0 aliphatic carbocycles. The van der Waals surface area contributed by atoms with Gasteiger partial charge in [0, 0.05) is 17.0 Å². The lowest BCUT2D eigenvalue weighted by atomic mass is 9.96. The van der Waals surface area contributed by atoms with Gasteiger partial charge in [0.2, 0.25) is 11.8 Å². The van der Waals surface area contributed by atoms with E-state index in [4.69, 9.17) is 0 Å². The van der Waals surface area contributed by atoms with Gasteiger partial charge in [0.25, 0.3) is 0 Å². The molecule has 3 heterocycles. The number of rotatable bonds is 6. The first-order valence-corrected chi connectivity index (χ1v) is 12.1. The number of amides is 2. The van der Waals surface area contributed by atoms with E-state index in [0.29, 0.717) is 0 Å². The van der Waals surface area contributed by atoms with Gasteiger partial charge >= 0.3 is 0 Å². The van der Waals surface area contributed by atoms with Crippen molar-refractivity contribution in [2.24, 2.45) is 5.92 Å². The number of aromatic nitrogens is 3. The summed E-state index contributed by atoms with van der Waals surface area (Å²) in [6.07, 6.45) is 3.31. The molecule has 1 saturated heterocycles. The van der Waals surface area contributed by atoms with Gasteiger partial charge in [-0.15, -0.1) is 11.3 Å². The lowest BCUT2D eigenvalue weighted by molar-refractivity contribution is -0.127. The minimum Gasteiger partial charge on any atom is -0.349 e. The average Bonchev–Trinajstić information content (AvgIpc) is 3.61. The van der Waals surface area contributed by atoms with Crippen molar-refractivity contribution in [2.45, 2.75) is 32.4 Å². The Bertz CT molecular complexity index is 1270. The van der Waals surface area contributed by atoms with E-state index < -0.39 is 5.92 Å². The van der Waals surface area contributed by atoms with E-state index in [-0.39, 0.29) is 30.3 Å². The second kappa shape index (κ2) is 9.23. The Balaban J connectivity index is 1.37. The summed E-state index contributed by atoms with van der Waals surface area (Å²) in [5, 5.41) is 9.26. The van der Waals surface area contributed by atoms with Crippen LogP contribution in [0.3, 0.4) is 0 Å². The number of hydrogen-bond acceptors (Lipinski definition) is 5. The Kier molecular flexibility index (Phi) is 5.98. The van der Waals surface area contributed by atoms with Crippen molar-refractivity contribution in [2.75, 3.05) is 4.90 Å². The highest BCUT2D eigenvalue weighted by Crippen LogP contribution is 2.43. The van der Waals surface area contributed by atoms with Gasteiger partial charge in [-0.3, -0.25) is 9.59 Å². The molecule has 2 aromatic heterocycles. The maximum Gasteiger partial charge on any atom is 0.228 e. The van der Waals surface area contributed by atoms with Crippen LogP contribution in [0.25, 0.3) is 5.69 Å². The topological polar surface area (TPSA) is 80.1 Å². The standard InChI is InChI=1S/C26H25N5O2S/c1-17-5-9-21(10-6-17)31-24(32)14-22(25(31)23-4-3-13-34-23)26(33)29-18(2)19-7-11-20(12-8-19)30-16-27-15-28-30/h3-13,15-16,18,22,25H,14H2,1-2H3,(H,29,33). The van der Waals surface area contributed by atoms with E-state index >= 15 is 0 Å². The molecule has 8 heteroatoms. The van der Waals surface area contributed by atoms with Crippen LogP contribution in [-0.4, -0.2) is 26.6 Å². The van der Waals surface area contributed by atoms with Gasteiger partial charge < -0.3 is 10.2 Å². The number of hydrogen-bond donors (Lipinski definition) is 1. The van der Waals surface area contributed by atoms with Crippen molar-refractivity contribution >= 4 is 28.8 Å². The van der Waals surface area contributed by atoms with Crippen LogP contribution in [0.2, 0.25) is 0 Å². The summed E-state index contributed by atoms with van der Waals surface area (Å²) in [4.78, 5) is 33.3. The number of carbonyl (C=O) groups excluding carboxylic acids is 2. The molecular weight excluding hydrogens is 446 g/mol. The van der Waals surface area contributed by atoms with Gasteiger partial charge in [-0.05, 0) is 55.1 Å². The zero-order chi connectivity index (χ0) is 23.7. The lowest BCUT2D eigenvalue weighted by Gasteiger charge is -2.28. The zero-order valence-electron chi connectivity index (χ0n) is 19.0. The fourth-order valence-corrected chi connectivity index (χ4v) is 5.31. The van der Waals surface area contributed by atoms with E-state index in [2.05, 4.69) is 15.4 Å². The molecule has 4 aromatic rings. The van der Waals surface area contributed by atoms with Crippen molar-refractivity contribution in [1.29, 1.82) is 0 Å². The molecule has 1 aliphatic heterocycles. The summed E-state index contributed by atoms with van der Waals surface area (Å²) in [5.74, 6) is -0.620. The zero-order valence-corrected chi connectivity index (χ0v) is 19.8. The molecule has 0 bridgehead atoms. The molecule has 1 aliphatic rings. The van der Waals surface area contributed by atoms with Gasteiger partial charge in [0.05, 0.1) is 23.7 Å². The first-order valence-electron chi connectivity index (χ1n) is 11.2. The Labute approximate surface area is 202 Å². The second-order valence-electron chi connectivity index (χ2n) is 8.53. The summed E-state index contributed by atoms with van der Waals surface area (Å²) in [7, 11) is 0. The number of nitrogens with zero attached hydrogens (tertiary/aromatic N) is 4. The van der Waals surface area contributed by atoms with E-state index in [9.17, 15) is 9.59 Å². The van der Waals surface area contributed by atoms with E-state index in [0.717, 1.165) is 27.4 Å². The lowest BCUT2D eigenvalue weighted by Crippen LogP contribution is -2.36. The fourth-order valence-electron chi connectivity index (χ4n) is 4.43. The molecule has 0 radical (unpaired) electrons.